The summed E-state index contributed by atoms with van der Waals surface area (Å²) < 4.78 is 0. The van der Waals surface area contributed by atoms with Gasteiger partial charge in [0.05, 0.1) is 0 Å². The summed E-state index contributed by atoms with van der Waals surface area (Å²) in [6.07, 6.45) is 0. The van der Waals surface area contributed by atoms with Crippen molar-refractivity contribution >= 4 is 34.1 Å². The predicted octanol–water partition coefficient (Wildman–Crippen LogP) is 3.00. The summed E-state index contributed by atoms with van der Waals surface area (Å²) in [4.78, 5) is 0. The normalized spacial score (nSPS) is 12.9. The Hall–Kier alpha value is -0.840. The second kappa shape index (κ2) is 5.67. The maximum atomic E-state index is 9.00. The monoisotopic (exact) mass is 268 g/mol. The first-order valence-corrected chi connectivity index (χ1v) is 6.73. The van der Waals surface area contributed by atoms with E-state index in [1.54, 1.807) is 11.8 Å². The van der Waals surface area contributed by atoms with Crippen molar-refractivity contribution in [3.8, 4) is 0 Å². The molecule has 1 atom stereocenters. The molecule has 0 aliphatic rings. The van der Waals surface area contributed by atoms with E-state index in [0.717, 1.165) is 21.6 Å². The maximum Gasteiger partial charge on any atom is 0.159 e. The van der Waals surface area contributed by atoms with Crippen LogP contribution < -0.4 is 0 Å². The maximum absolute atomic E-state index is 9.00. The van der Waals surface area contributed by atoms with Crippen molar-refractivity contribution in [3.05, 3.63) is 29.4 Å². The SMILES string of the molecule is CC(CO)CSc1nnc(Cl)c2ccccc12. The number of aromatic nitrogens is 2. The number of aliphatic hydroxyl groups is 1. The highest BCUT2D eigenvalue weighted by molar-refractivity contribution is 7.99. The fourth-order valence-corrected chi connectivity index (χ4v) is 2.61. The summed E-state index contributed by atoms with van der Waals surface area (Å²) in [6, 6.07) is 7.81. The van der Waals surface area contributed by atoms with Crippen LogP contribution in [0.25, 0.3) is 10.8 Å². The van der Waals surface area contributed by atoms with E-state index in [1.165, 1.54) is 0 Å². The molecule has 0 aliphatic carbocycles. The first kappa shape index (κ1) is 12.6. The van der Waals surface area contributed by atoms with E-state index in [9.17, 15) is 0 Å². The van der Waals surface area contributed by atoms with E-state index in [0.29, 0.717) is 5.15 Å². The van der Waals surface area contributed by atoms with Crippen molar-refractivity contribution < 1.29 is 5.11 Å². The van der Waals surface area contributed by atoms with E-state index in [-0.39, 0.29) is 12.5 Å². The van der Waals surface area contributed by atoms with Crippen molar-refractivity contribution in [2.75, 3.05) is 12.4 Å². The van der Waals surface area contributed by atoms with Crippen LogP contribution in [0.4, 0.5) is 0 Å². The zero-order valence-electron chi connectivity index (χ0n) is 9.43. The molecule has 5 heteroatoms. The molecule has 0 amide bonds. The van der Waals surface area contributed by atoms with Gasteiger partial charge in [-0.15, -0.1) is 22.0 Å². The van der Waals surface area contributed by atoms with Crippen molar-refractivity contribution in [3.63, 3.8) is 0 Å². The second-order valence-electron chi connectivity index (χ2n) is 3.94. The molecular formula is C12H13ClN2OS. The van der Waals surface area contributed by atoms with Crippen LogP contribution in [0.15, 0.2) is 29.3 Å². The van der Waals surface area contributed by atoms with Crippen LogP contribution in [0, 0.1) is 5.92 Å². The number of hydrogen-bond acceptors (Lipinski definition) is 4. The summed E-state index contributed by atoms with van der Waals surface area (Å²) in [7, 11) is 0. The van der Waals surface area contributed by atoms with Gasteiger partial charge in [0.15, 0.2) is 5.15 Å². The average Bonchev–Trinajstić information content (AvgIpc) is 2.38. The summed E-state index contributed by atoms with van der Waals surface area (Å²) in [5.74, 6) is 1.06. The molecular weight excluding hydrogens is 256 g/mol. The molecule has 3 nitrogen and oxygen atoms in total. The van der Waals surface area contributed by atoms with Crippen LogP contribution in [0.5, 0.6) is 0 Å². The van der Waals surface area contributed by atoms with E-state index in [2.05, 4.69) is 10.2 Å². The van der Waals surface area contributed by atoms with Crippen molar-refractivity contribution in [2.24, 2.45) is 5.92 Å². The van der Waals surface area contributed by atoms with Gasteiger partial charge in [-0.25, -0.2) is 0 Å². The smallest absolute Gasteiger partial charge is 0.159 e. The number of benzene rings is 1. The number of aliphatic hydroxyl groups excluding tert-OH is 1. The van der Waals surface area contributed by atoms with Gasteiger partial charge in [0.1, 0.15) is 5.03 Å². The molecule has 0 saturated heterocycles. The molecule has 2 rings (SSSR count). The number of halogens is 1. The highest BCUT2D eigenvalue weighted by Gasteiger charge is 2.09. The third-order valence-electron chi connectivity index (χ3n) is 2.42. The van der Waals surface area contributed by atoms with Gasteiger partial charge in [-0.3, -0.25) is 0 Å². The van der Waals surface area contributed by atoms with Crippen molar-refractivity contribution in [1.29, 1.82) is 0 Å². The molecule has 0 saturated carbocycles. The van der Waals surface area contributed by atoms with Crippen molar-refractivity contribution in [1.82, 2.24) is 10.2 Å². The Morgan fingerprint density at radius 3 is 2.71 bits per heavy atom. The largest absolute Gasteiger partial charge is 0.396 e. The minimum absolute atomic E-state index is 0.186. The lowest BCUT2D eigenvalue weighted by molar-refractivity contribution is 0.250. The molecule has 0 aliphatic heterocycles. The average molecular weight is 269 g/mol. The predicted molar refractivity (Wildman–Crippen MR) is 71.5 cm³/mol. The Morgan fingerprint density at radius 2 is 2.00 bits per heavy atom. The number of fused-ring (bicyclic) bond motifs is 1. The lowest BCUT2D eigenvalue weighted by Crippen LogP contribution is -2.03. The molecule has 2 aromatic rings. The van der Waals surface area contributed by atoms with Crippen LogP contribution in [-0.2, 0) is 0 Å². The lowest BCUT2D eigenvalue weighted by Gasteiger charge is -2.08. The summed E-state index contributed by atoms with van der Waals surface area (Å²) >= 11 is 7.60. The Balaban J connectivity index is 2.32. The van der Waals surface area contributed by atoms with Crippen molar-refractivity contribution in [2.45, 2.75) is 11.9 Å². The highest BCUT2D eigenvalue weighted by atomic mass is 35.5. The second-order valence-corrected chi connectivity index (χ2v) is 5.31. The molecule has 1 N–H and O–H groups in total. The van der Waals surface area contributed by atoms with Crippen LogP contribution >= 0.6 is 23.4 Å². The third kappa shape index (κ3) is 2.89. The highest BCUT2D eigenvalue weighted by Crippen LogP contribution is 2.29. The zero-order valence-corrected chi connectivity index (χ0v) is 11.0. The Kier molecular flexibility index (Phi) is 4.20. The lowest BCUT2D eigenvalue weighted by atomic mass is 10.2. The first-order chi connectivity index (χ1) is 8.22. The fourth-order valence-electron chi connectivity index (χ4n) is 1.43. The molecule has 0 bridgehead atoms. The van der Waals surface area contributed by atoms with Crippen LogP contribution in [0.1, 0.15) is 6.92 Å². The molecule has 0 spiro atoms. The third-order valence-corrected chi connectivity index (χ3v) is 4.01. The van der Waals surface area contributed by atoms with Gasteiger partial charge in [-0.1, -0.05) is 42.8 Å². The molecule has 0 fully saturated rings. The quantitative estimate of drug-likeness (QED) is 0.866. The Bertz CT molecular complexity index is 521. The molecule has 1 aromatic heterocycles. The summed E-state index contributed by atoms with van der Waals surface area (Å²) in [6.45, 7) is 2.19. The Labute approximate surface area is 109 Å². The van der Waals surface area contributed by atoms with Gasteiger partial charge in [0.2, 0.25) is 0 Å². The van der Waals surface area contributed by atoms with E-state index in [4.69, 9.17) is 16.7 Å². The standard InChI is InChI=1S/C12H13ClN2OS/c1-8(6-16)7-17-12-10-5-3-2-4-9(10)11(13)14-15-12/h2-5,8,16H,6-7H2,1H3. The van der Waals surface area contributed by atoms with Gasteiger partial charge in [0, 0.05) is 23.1 Å². The van der Waals surface area contributed by atoms with Gasteiger partial charge in [-0.05, 0) is 5.92 Å². The topological polar surface area (TPSA) is 46.0 Å². The molecule has 17 heavy (non-hydrogen) atoms. The summed E-state index contributed by atoms with van der Waals surface area (Å²) in [5, 5.41) is 20.3. The molecule has 0 radical (unpaired) electrons. The van der Waals surface area contributed by atoms with Gasteiger partial charge >= 0.3 is 0 Å². The first-order valence-electron chi connectivity index (χ1n) is 5.37. The van der Waals surface area contributed by atoms with Gasteiger partial charge in [0.25, 0.3) is 0 Å². The van der Waals surface area contributed by atoms with E-state index < -0.39 is 0 Å². The minimum atomic E-state index is 0.186. The minimum Gasteiger partial charge on any atom is -0.396 e. The van der Waals surface area contributed by atoms with E-state index in [1.807, 2.05) is 31.2 Å². The van der Waals surface area contributed by atoms with Gasteiger partial charge < -0.3 is 5.11 Å². The molecule has 1 unspecified atom stereocenters. The molecule has 1 heterocycles. The van der Waals surface area contributed by atoms with Crippen LogP contribution in [0.3, 0.4) is 0 Å². The fraction of sp³-hybridized carbons (Fsp3) is 0.333. The van der Waals surface area contributed by atoms with Crippen LogP contribution in [-0.4, -0.2) is 27.7 Å². The number of rotatable bonds is 4. The van der Waals surface area contributed by atoms with Crippen LogP contribution in [0.2, 0.25) is 5.15 Å². The number of hydrogen-bond donors (Lipinski definition) is 1. The number of nitrogens with zero attached hydrogens (tertiary/aromatic N) is 2. The molecule has 90 valence electrons. The van der Waals surface area contributed by atoms with E-state index >= 15 is 0 Å². The molecule has 1 aromatic carbocycles. The number of thioether (sulfide) groups is 1. The Morgan fingerprint density at radius 1 is 1.29 bits per heavy atom. The summed E-state index contributed by atoms with van der Waals surface area (Å²) in [5.41, 5.74) is 0. The zero-order chi connectivity index (χ0) is 12.3. The van der Waals surface area contributed by atoms with Gasteiger partial charge in [-0.2, -0.15) is 0 Å².